The van der Waals surface area contributed by atoms with Crippen LogP contribution < -0.4 is 9.41 Å². The third kappa shape index (κ3) is 11.0. The quantitative estimate of drug-likeness (QED) is 0.571. The van der Waals surface area contributed by atoms with E-state index in [9.17, 15) is 0 Å². The monoisotopic (exact) mass is 398 g/mol. The molecule has 2 aliphatic carbocycles. The Balaban J connectivity index is -0.000000308. The van der Waals surface area contributed by atoms with E-state index >= 15 is 0 Å². The SMILES string of the molecule is CCCCC1=[C-]CC=C1C.CCCCC1=[C-]CC=C1C.[F-].[F-].[Zr+4]. The first-order valence-corrected chi connectivity index (χ1v) is 8.22. The Morgan fingerprint density at radius 3 is 1.35 bits per heavy atom. The fourth-order valence-electron chi connectivity index (χ4n) is 2.46. The zero-order valence-corrected chi connectivity index (χ0v) is 17.5. The molecule has 0 N–H and O–H groups in total. The number of unbranched alkanes of at least 4 members (excludes halogenated alkanes) is 2. The Kier molecular flexibility index (Phi) is 19.8. The number of allylic oxidation sites excluding steroid dienone is 8. The number of hydrogen-bond acceptors (Lipinski definition) is 0. The predicted octanol–water partition coefficient (Wildman–Crippen LogP) is 0.518. The first kappa shape index (κ1) is 27.5. The third-order valence-electron chi connectivity index (χ3n) is 3.96. The smallest absolute Gasteiger partial charge is 1.00 e. The van der Waals surface area contributed by atoms with E-state index in [4.69, 9.17) is 0 Å². The van der Waals surface area contributed by atoms with Crippen molar-refractivity contribution in [2.24, 2.45) is 0 Å². The van der Waals surface area contributed by atoms with Crippen LogP contribution >= 0.6 is 0 Å². The summed E-state index contributed by atoms with van der Waals surface area (Å²) in [6.07, 6.45) is 21.0. The van der Waals surface area contributed by atoms with E-state index in [1.54, 1.807) is 0 Å². The zero-order chi connectivity index (χ0) is 14.8. The van der Waals surface area contributed by atoms with E-state index in [2.05, 4.69) is 52.0 Å². The van der Waals surface area contributed by atoms with E-state index in [1.165, 1.54) is 60.8 Å². The summed E-state index contributed by atoms with van der Waals surface area (Å²) in [5.74, 6) is 0. The van der Waals surface area contributed by atoms with Crippen molar-refractivity contribution >= 4 is 0 Å². The maximum absolute atomic E-state index is 3.37. The molecule has 2 aliphatic rings. The van der Waals surface area contributed by atoms with Gasteiger partial charge in [-0.15, -0.1) is 26.7 Å². The van der Waals surface area contributed by atoms with Gasteiger partial charge < -0.3 is 9.41 Å². The fraction of sp³-hybridized carbons (Fsp3) is 0.600. The van der Waals surface area contributed by atoms with Crippen molar-refractivity contribution < 1.29 is 35.6 Å². The van der Waals surface area contributed by atoms with Crippen molar-refractivity contribution in [2.75, 3.05) is 0 Å². The second-order valence-corrected chi connectivity index (χ2v) is 5.70. The van der Waals surface area contributed by atoms with Crippen LogP contribution in [0.2, 0.25) is 0 Å². The summed E-state index contributed by atoms with van der Waals surface area (Å²) in [6.45, 7) is 8.83. The molecule has 0 aromatic rings. The van der Waals surface area contributed by atoms with Crippen LogP contribution in [0.3, 0.4) is 0 Å². The van der Waals surface area contributed by atoms with Crippen LogP contribution in [0.4, 0.5) is 0 Å². The molecule has 0 nitrogen and oxygen atoms in total. The normalized spacial score (nSPS) is 14.8. The van der Waals surface area contributed by atoms with Crippen molar-refractivity contribution in [3.63, 3.8) is 0 Å². The Labute approximate surface area is 161 Å². The Hall–Kier alpha value is -0.297. The van der Waals surface area contributed by atoms with Crippen molar-refractivity contribution in [1.82, 2.24) is 0 Å². The van der Waals surface area contributed by atoms with Gasteiger partial charge in [-0.3, -0.25) is 12.2 Å². The molecule has 2 rings (SSSR count). The van der Waals surface area contributed by atoms with Gasteiger partial charge in [-0.1, -0.05) is 52.4 Å². The van der Waals surface area contributed by atoms with Crippen LogP contribution in [0, 0.1) is 12.2 Å². The van der Waals surface area contributed by atoms with Gasteiger partial charge in [-0.2, -0.15) is 12.2 Å². The molecule has 0 radical (unpaired) electrons. The molecule has 0 aromatic carbocycles. The molecule has 0 bridgehead atoms. The average Bonchev–Trinajstić information content (AvgIpc) is 3.04. The summed E-state index contributed by atoms with van der Waals surface area (Å²) >= 11 is 0. The second kappa shape index (κ2) is 16.6. The van der Waals surface area contributed by atoms with Crippen LogP contribution in [0.1, 0.15) is 79.1 Å². The first-order chi connectivity index (χ1) is 9.69. The summed E-state index contributed by atoms with van der Waals surface area (Å²) in [6, 6.07) is 0. The van der Waals surface area contributed by atoms with Crippen LogP contribution in [0.5, 0.6) is 0 Å². The Morgan fingerprint density at radius 2 is 1.13 bits per heavy atom. The van der Waals surface area contributed by atoms with E-state index < -0.39 is 0 Å². The van der Waals surface area contributed by atoms with Gasteiger partial charge in [0.15, 0.2) is 0 Å². The standard InChI is InChI=1S/2C10H15.2FH.Zr/c2*1-3-4-7-10-8-5-6-9(10)2;;;/h2*6H,3-5,7H2,1-2H3;2*1H;/q2*-1;;;+4/p-2. The van der Waals surface area contributed by atoms with Crippen LogP contribution in [0.15, 0.2) is 34.4 Å². The van der Waals surface area contributed by atoms with Crippen LogP contribution in [0.25, 0.3) is 0 Å². The molecule has 0 amide bonds. The minimum Gasteiger partial charge on any atom is -1.00 e. The maximum Gasteiger partial charge on any atom is 4.00 e. The van der Waals surface area contributed by atoms with Gasteiger partial charge >= 0.3 is 26.2 Å². The summed E-state index contributed by atoms with van der Waals surface area (Å²) in [5, 5.41) is 0. The molecular weight excluding hydrogens is 369 g/mol. The molecule has 128 valence electrons. The molecule has 0 aliphatic heterocycles. The van der Waals surface area contributed by atoms with Gasteiger partial charge in [0.25, 0.3) is 0 Å². The molecule has 0 aromatic heterocycles. The number of hydrogen-bond donors (Lipinski definition) is 0. The van der Waals surface area contributed by atoms with Gasteiger partial charge in [0.1, 0.15) is 0 Å². The summed E-state index contributed by atoms with van der Waals surface area (Å²) in [7, 11) is 0. The van der Waals surface area contributed by atoms with Crippen molar-refractivity contribution in [3.8, 4) is 0 Å². The van der Waals surface area contributed by atoms with Gasteiger partial charge in [-0.05, 0) is 0 Å². The fourth-order valence-corrected chi connectivity index (χ4v) is 2.46. The van der Waals surface area contributed by atoms with Gasteiger partial charge in [-0.25, -0.2) is 22.3 Å². The van der Waals surface area contributed by atoms with E-state index in [1.807, 2.05) is 0 Å². The largest absolute Gasteiger partial charge is 4.00 e. The number of rotatable bonds is 6. The molecule has 0 atom stereocenters. The maximum atomic E-state index is 3.37. The summed E-state index contributed by atoms with van der Waals surface area (Å²) in [5.41, 5.74) is 5.82. The minimum absolute atomic E-state index is 0. The predicted molar refractivity (Wildman–Crippen MR) is 89.3 cm³/mol. The number of halogens is 2. The Bertz CT molecular complexity index is 377. The zero-order valence-electron chi connectivity index (χ0n) is 15.1. The topological polar surface area (TPSA) is 0 Å². The van der Waals surface area contributed by atoms with E-state index in [0.29, 0.717) is 0 Å². The Morgan fingerprint density at radius 1 is 0.783 bits per heavy atom. The molecule has 23 heavy (non-hydrogen) atoms. The summed E-state index contributed by atoms with van der Waals surface area (Å²) < 4.78 is 0. The molecule has 3 heteroatoms. The first-order valence-electron chi connectivity index (χ1n) is 8.22. The van der Waals surface area contributed by atoms with Gasteiger partial charge in [0.2, 0.25) is 0 Å². The van der Waals surface area contributed by atoms with Crippen LogP contribution in [-0.2, 0) is 26.2 Å². The van der Waals surface area contributed by atoms with E-state index in [-0.39, 0.29) is 35.6 Å². The molecule has 0 unspecified atom stereocenters. The van der Waals surface area contributed by atoms with Crippen molar-refractivity contribution in [2.45, 2.75) is 79.1 Å². The molecule has 0 saturated heterocycles. The molecule has 0 spiro atoms. The third-order valence-corrected chi connectivity index (χ3v) is 3.96. The molecular formula is C20H30F2Zr. The molecule has 0 heterocycles. The summed E-state index contributed by atoms with van der Waals surface area (Å²) in [4.78, 5) is 0. The molecule has 0 fully saturated rings. The van der Waals surface area contributed by atoms with Crippen molar-refractivity contribution in [1.29, 1.82) is 0 Å². The van der Waals surface area contributed by atoms with Crippen LogP contribution in [-0.4, -0.2) is 0 Å². The van der Waals surface area contributed by atoms with Gasteiger partial charge in [0, 0.05) is 0 Å². The average molecular weight is 400 g/mol. The minimum atomic E-state index is 0. The van der Waals surface area contributed by atoms with Gasteiger partial charge in [0.05, 0.1) is 0 Å². The van der Waals surface area contributed by atoms with E-state index in [0.717, 1.165) is 12.8 Å². The molecule has 0 saturated carbocycles. The van der Waals surface area contributed by atoms with Crippen molar-refractivity contribution in [3.05, 3.63) is 46.6 Å². The second-order valence-electron chi connectivity index (χ2n) is 5.70.